The Balaban J connectivity index is 1.55. The molecule has 2 aliphatic heterocycles. The summed E-state index contributed by atoms with van der Waals surface area (Å²) in [6, 6.07) is 10.0. The largest absolute Gasteiger partial charge is 0.378 e. The van der Waals surface area contributed by atoms with E-state index in [1.165, 1.54) is 11.8 Å². The van der Waals surface area contributed by atoms with E-state index in [4.69, 9.17) is 17.0 Å². The number of ether oxygens (including phenoxy) is 1. The van der Waals surface area contributed by atoms with Crippen molar-refractivity contribution in [1.82, 2.24) is 9.91 Å². The lowest BCUT2D eigenvalue weighted by molar-refractivity contribution is -0.130. The molecule has 7 heteroatoms. The summed E-state index contributed by atoms with van der Waals surface area (Å²) in [4.78, 5) is 14.6. The Labute approximate surface area is 145 Å². The van der Waals surface area contributed by atoms with Gasteiger partial charge in [-0.25, -0.2) is 5.01 Å². The molecule has 23 heavy (non-hydrogen) atoms. The zero-order valence-electron chi connectivity index (χ0n) is 12.8. The topological polar surface area (TPSA) is 45.1 Å². The number of rotatable bonds is 3. The molecule has 1 aromatic carbocycles. The Morgan fingerprint density at radius 3 is 2.78 bits per heavy atom. The number of nitrogens with zero attached hydrogens (tertiary/aromatic N) is 3. The van der Waals surface area contributed by atoms with Crippen LogP contribution in [0.3, 0.4) is 0 Å². The third kappa shape index (κ3) is 4.10. The number of amides is 1. The van der Waals surface area contributed by atoms with Gasteiger partial charge in [0, 0.05) is 25.7 Å². The molecule has 1 aromatic rings. The summed E-state index contributed by atoms with van der Waals surface area (Å²) in [5.74, 6) is 0.310. The van der Waals surface area contributed by atoms with Crippen LogP contribution in [0.1, 0.15) is 18.0 Å². The van der Waals surface area contributed by atoms with E-state index in [1.807, 2.05) is 30.3 Å². The first-order valence-electron chi connectivity index (χ1n) is 7.64. The van der Waals surface area contributed by atoms with Crippen molar-refractivity contribution in [1.29, 1.82) is 0 Å². The quantitative estimate of drug-likeness (QED) is 0.784. The highest BCUT2D eigenvalue weighted by Crippen LogP contribution is 2.28. The lowest BCUT2D eigenvalue weighted by Crippen LogP contribution is -2.39. The van der Waals surface area contributed by atoms with E-state index in [9.17, 15) is 4.79 Å². The maximum Gasteiger partial charge on any atom is 0.253 e. The number of thiocarbonyl (C=S) groups is 1. The van der Waals surface area contributed by atoms with Crippen molar-refractivity contribution in [3.8, 4) is 0 Å². The fourth-order valence-corrected chi connectivity index (χ4v) is 3.74. The molecular weight excluding hydrogens is 330 g/mol. The van der Waals surface area contributed by atoms with Crippen LogP contribution in [0.25, 0.3) is 0 Å². The maximum absolute atomic E-state index is 12.5. The molecule has 0 bridgehead atoms. The minimum absolute atomic E-state index is 0.00116. The lowest BCUT2D eigenvalue weighted by atomic mass is 10.0. The summed E-state index contributed by atoms with van der Waals surface area (Å²) in [5.41, 5.74) is 1.11. The highest BCUT2D eigenvalue weighted by atomic mass is 32.2. The van der Waals surface area contributed by atoms with Crippen LogP contribution < -0.4 is 0 Å². The Morgan fingerprint density at radius 2 is 2.04 bits per heavy atom. The predicted octanol–water partition coefficient (Wildman–Crippen LogP) is 2.30. The molecule has 0 unspecified atom stereocenters. The van der Waals surface area contributed by atoms with Crippen LogP contribution in [0.2, 0.25) is 0 Å². The molecule has 1 saturated heterocycles. The minimum atomic E-state index is -0.00628. The Hall–Kier alpha value is -1.44. The van der Waals surface area contributed by atoms with E-state index < -0.39 is 0 Å². The van der Waals surface area contributed by atoms with Crippen molar-refractivity contribution in [2.24, 2.45) is 5.10 Å². The SMILES string of the molecule is O=C(CSC(=S)N1CCOCC1)N1N=CC[C@@H]1c1ccccc1. The molecule has 1 fully saturated rings. The van der Waals surface area contributed by atoms with Gasteiger partial charge in [0.05, 0.1) is 25.0 Å². The summed E-state index contributed by atoms with van der Waals surface area (Å²) in [6.07, 6.45) is 2.56. The standard InChI is InChI=1S/C16H19N3O2S2/c20-15(12-23-16(22)18-8-10-21-11-9-18)19-14(6-7-17-19)13-4-2-1-3-5-13/h1-5,7,14H,6,8-12H2/t14-/m1/s1. The van der Waals surface area contributed by atoms with Gasteiger partial charge in [0.1, 0.15) is 4.32 Å². The second-order valence-corrected chi connectivity index (χ2v) is 6.96. The average Bonchev–Trinajstić information content (AvgIpc) is 3.11. The molecule has 2 aliphatic rings. The molecule has 122 valence electrons. The molecule has 1 atom stereocenters. The summed E-state index contributed by atoms with van der Waals surface area (Å²) in [6.45, 7) is 2.99. The maximum atomic E-state index is 12.5. The van der Waals surface area contributed by atoms with Crippen molar-refractivity contribution < 1.29 is 9.53 Å². The highest BCUT2D eigenvalue weighted by molar-refractivity contribution is 8.23. The van der Waals surface area contributed by atoms with Crippen molar-refractivity contribution in [2.75, 3.05) is 32.1 Å². The Kier molecular flexibility index (Phi) is 5.64. The van der Waals surface area contributed by atoms with Crippen LogP contribution in [0.4, 0.5) is 0 Å². The number of carbonyl (C=O) groups is 1. The van der Waals surface area contributed by atoms with Crippen LogP contribution >= 0.6 is 24.0 Å². The van der Waals surface area contributed by atoms with Crippen molar-refractivity contribution >= 4 is 40.4 Å². The summed E-state index contributed by atoms with van der Waals surface area (Å²) < 4.78 is 6.08. The number of morpholine rings is 1. The second kappa shape index (κ2) is 7.90. The monoisotopic (exact) mass is 349 g/mol. The number of carbonyl (C=O) groups excluding carboxylic acids is 1. The molecule has 3 rings (SSSR count). The van der Waals surface area contributed by atoms with E-state index in [0.29, 0.717) is 19.0 Å². The van der Waals surface area contributed by atoms with Gasteiger partial charge in [-0.3, -0.25) is 4.79 Å². The van der Waals surface area contributed by atoms with Gasteiger partial charge in [-0.2, -0.15) is 5.10 Å². The van der Waals surface area contributed by atoms with Gasteiger partial charge in [0.15, 0.2) is 0 Å². The summed E-state index contributed by atoms with van der Waals surface area (Å²) in [5, 5.41) is 5.84. The van der Waals surface area contributed by atoms with Crippen LogP contribution in [0.5, 0.6) is 0 Å². The van der Waals surface area contributed by atoms with Crippen molar-refractivity contribution in [3.05, 3.63) is 35.9 Å². The van der Waals surface area contributed by atoms with E-state index in [0.717, 1.165) is 29.4 Å². The van der Waals surface area contributed by atoms with E-state index in [1.54, 1.807) is 11.2 Å². The first-order chi connectivity index (χ1) is 11.3. The van der Waals surface area contributed by atoms with Crippen molar-refractivity contribution in [3.63, 3.8) is 0 Å². The summed E-state index contributed by atoms with van der Waals surface area (Å²) in [7, 11) is 0. The van der Waals surface area contributed by atoms with Gasteiger partial charge < -0.3 is 9.64 Å². The zero-order valence-corrected chi connectivity index (χ0v) is 14.4. The highest BCUT2D eigenvalue weighted by Gasteiger charge is 2.28. The van der Waals surface area contributed by atoms with Gasteiger partial charge in [0.25, 0.3) is 5.91 Å². The lowest BCUT2D eigenvalue weighted by Gasteiger charge is -2.29. The minimum Gasteiger partial charge on any atom is -0.378 e. The average molecular weight is 349 g/mol. The van der Waals surface area contributed by atoms with Crippen LogP contribution in [0, 0.1) is 0 Å². The van der Waals surface area contributed by atoms with Gasteiger partial charge in [-0.1, -0.05) is 54.3 Å². The number of benzene rings is 1. The molecule has 0 radical (unpaired) electrons. The van der Waals surface area contributed by atoms with Gasteiger partial charge >= 0.3 is 0 Å². The molecule has 2 heterocycles. The molecule has 0 spiro atoms. The van der Waals surface area contributed by atoms with Gasteiger partial charge in [-0.05, 0) is 5.56 Å². The Morgan fingerprint density at radius 1 is 1.30 bits per heavy atom. The first-order valence-corrected chi connectivity index (χ1v) is 9.04. The molecule has 0 saturated carbocycles. The molecule has 1 amide bonds. The van der Waals surface area contributed by atoms with Crippen LogP contribution in [-0.4, -0.2) is 58.4 Å². The van der Waals surface area contributed by atoms with Gasteiger partial charge in [-0.15, -0.1) is 0 Å². The predicted molar refractivity (Wildman–Crippen MR) is 96.6 cm³/mol. The number of hydrogen-bond acceptors (Lipinski definition) is 5. The molecule has 0 N–H and O–H groups in total. The zero-order chi connectivity index (χ0) is 16.1. The summed E-state index contributed by atoms with van der Waals surface area (Å²) >= 11 is 6.83. The van der Waals surface area contributed by atoms with Crippen molar-refractivity contribution in [2.45, 2.75) is 12.5 Å². The number of thioether (sulfide) groups is 1. The second-order valence-electron chi connectivity index (χ2n) is 5.35. The van der Waals surface area contributed by atoms with Gasteiger partial charge in [0.2, 0.25) is 0 Å². The molecular formula is C16H19N3O2S2. The van der Waals surface area contributed by atoms with Crippen LogP contribution in [-0.2, 0) is 9.53 Å². The fraction of sp³-hybridized carbons (Fsp3) is 0.438. The van der Waals surface area contributed by atoms with E-state index in [2.05, 4.69) is 10.0 Å². The molecule has 5 nitrogen and oxygen atoms in total. The first kappa shape index (κ1) is 16.4. The molecule has 0 aromatic heterocycles. The van der Waals surface area contributed by atoms with Crippen LogP contribution in [0.15, 0.2) is 35.4 Å². The normalized spacial score (nSPS) is 20.8. The fourth-order valence-electron chi connectivity index (χ4n) is 2.63. The third-order valence-corrected chi connectivity index (χ3v) is 5.37. The van der Waals surface area contributed by atoms with E-state index >= 15 is 0 Å². The smallest absolute Gasteiger partial charge is 0.253 e. The Bertz CT molecular complexity index is 588. The molecule has 0 aliphatic carbocycles. The van der Waals surface area contributed by atoms with E-state index in [-0.39, 0.29) is 11.9 Å². The third-order valence-electron chi connectivity index (χ3n) is 3.86. The number of hydrazone groups is 1. The number of hydrogen-bond donors (Lipinski definition) is 0.